The molecule has 0 spiro atoms. The molecule has 0 aromatic heterocycles. The second-order valence-electron chi connectivity index (χ2n) is 1.51. The summed E-state index contributed by atoms with van der Waals surface area (Å²) in [5.41, 5.74) is 4.90. The summed E-state index contributed by atoms with van der Waals surface area (Å²) in [5, 5.41) is 8.24. The molecule has 0 aliphatic rings. The topological polar surface area (TPSA) is 72.5 Å². The zero-order valence-corrected chi connectivity index (χ0v) is 5.17. The summed E-state index contributed by atoms with van der Waals surface area (Å²) in [6.45, 7) is -0.0655. The van der Waals surface area contributed by atoms with Gasteiger partial charge in [-0.2, -0.15) is 0 Å². The molecule has 0 aromatic carbocycles. The number of aliphatic hydroxyl groups excluding tert-OH is 1. The van der Waals surface area contributed by atoms with Crippen LogP contribution < -0.4 is 5.73 Å². The molecule has 0 radical (unpaired) electrons. The van der Waals surface area contributed by atoms with Crippen molar-refractivity contribution in [2.24, 2.45) is 5.73 Å². The minimum Gasteiger partial charge on any atom is -0.450 e. The average Bonchev–Trinajstić information content (AvgIpc) is 1.85. The molecule has 4 nitrogen and oxygen atoms in total. The van der Waals surface area contributed by atoms with Crippen LogP contribution in [0.5, 0.6) is 0 Å². The van der Waals surface area contributed by atoms with Crippen molar-refractivity contribution >= 4 is 5.97 Å². The van der Waals surface area contributed by atoms with E-state index in [1.54, 1.807) is 0 Å². The second-order valence-corrected chi connectivity index (χ2v) is 1.51. The number of carbonyl (C=O) groups is 1. The number of rotatable bonds is 4. The first kappa shape index (κ1) is 8.39. The van der Waals surface area contributed by atoms with Crippen LogP contribution in [0.4, 0.5) is 0 Å². The first-order valence-electron chi connectivity index (χ1n) is 2.77. The van der Waals surface area contributed by atoms with Crippen LogP contribution in [0, 0.1) is 0 Å². The molecule has 0 saturated heterocycles. The summed E-state index contributed by atoms with van der Waals surface area (Å²) in [6.07, 6.45) is 0.687. The Balaban J connectivity index is 3.06. The maximum Gasteiger partial charge on any atom is 0.307 e. The SMILES string of the molecule is NCOC(=O)CCCO. The molecule has 9 heavy (non-hydrogen) atoms. The monoisotopic (exact) mass is 133 g/mol. The van der Waals surface area contributed by atoms with Crippen LogP contribution in [0.3, 0.4) is 0 Å². The van der Waals surface area contributed by atoms with Gasteiger partial charge in [-0.15, -0.1) is 0 Å². The van der Waals surface area contributed by atoms with E-state index in [0.29, 0.717) is 6.42 Å². The molecule has 0 unspecified atom stereocenters. The van der Waals surface area contributed by atoms with Crippen LogP contribution in [0.15, 0.2) is 0 Å². The van der Waals surface area contributed by atoms with Crippen molar-refractivity contribution in [3.05, 3.63) is 0 Å². The third-order valence-electron chi connectivity index (χ3n) is 0.783. The van der Waals surface area contributed by atoms with Gasteiger partial charge in [-0.25, -0.2) is 0 Å². The van der Waals surface area contributed by atoms with E-state index in [2.05, 4.69) is 4.74 Å². The van der Waals surface area contributed by atoms with E-state index < -0.39 is 0 Å². The number of hydrogen-bond donors (Lipinski definition) is 2. The second kappa shape index (κ2) is 5.53. The molecule has 0 bridgehead atoms. The number of carbonyl (C=O) groups excluding carboxylic acids is 1. The summed E-state index contributed by atoms with van der Waals surface area (Å²) in [7, 11) is 0. The predicted octanol–water partition coefficient (Wildman–Crippen LogP) is -0.782. The van der Waals surface area contributed by atoms with E-state index in [4.69, 9.17) is 10.8 Å². The van der Waals surface area contributed by atoms with Gasteiger partial charge in [0.2, 0.25) is 0 Å². The van der Waals surface area contributed by atoms with Crippen LogP contribution in [0.1, 0.15) is 12.8 Å². The van der Waals surface area contributed by atoms with Crippen molar-refractivity contribution < 1.29 is 14.6 Å². The van der Waals surface area contributed by atoms with E-state index in [9.17, 15) is 4.79 Å². The largest absolute Gasteiger partial charge is 0.450 e. The molecule has 0 aliphatic heterocycles. The number of aliphatic hydroxyl groups is 1. The highest BCUT2D eigenvalue weighted by molar-refractivity contribution is 5.69. The lowest BCUT2D eigenvalue weighted by atomic mass is 10.3. The normalized spacial score (nSPS) is 9.11. The molecule has 0 rings (SSSR count). The van der Waals surface area contributed by atoms with Crippen LogP contribution in [-0.4, -0.2) is 24.4 Å². The number of ether oxygens (including phenoxy) is 1. The molecule has 0 amide bonds. The molecule has 0 fully saturated rings. The van der Waals surface area contributed by atoms with E-state index >= 15 is 0 Å². The van der Waals surface area contributed by atoms with Gasteiger partial charge in [0.25, 0.3) is 0 Å². The van der Waals surface area contributed by atoms with Gasteiger partial charge in [-0.3, -0.25) is 10.5 Å². The van der Waals surface area contributed by atoms with Crippen LogP contribution in [0.2, 0.25) is 0 Å². The first-order valence-corrected chi connectivity index (χ1v) is 2.77. The third kappa shape index (κ3) is 5.26. The molecular weight excluding hydrogens is 122 g/mol. The van der Waals surface area contributed by atoms with Crippen molar-refractivity contribution in [3.63, 3.8) is 0 Å². The smallest absolute Gasteiger partial charge is 0.307 e. The van der Waals surface area contributed by atoms with E-state index in [-0.39, 0.29) is 25.7 Å². The van der Waals surface area contributed by atoms with Crippen LogP contribution in [0.25, 0.3) is 0 Å². The predicted molar refractivity (Wildman–Crippen MR) is 31.5 cm³/mol. The molecule has 0 aromatic rings. The van der Waals surface area contributed by atoms with Gasteiger partial charge in [0.1, 0.15) is 6.73 Å². The summed E-state index contributed by atoms with van der Waals surface area (Å²) in [6, 6.07) is 0. The Hall–Kier alpha value is -0.610. The van der Waals surface area contributed by atoms with Gasteiger partial charge in [-0.05, 0) is 6.42 Å². The molecule has 0 atom stereocenters. The minimum absolute atomic E-state index is 0.0136. The maximum atomic E-state index is 10.4. The van der Waals surface area contributed by atoms with Gasteiger partial charge in [0.05, 0.1) is 0 Å². The van der Waals surface area contributed by atoms with Crippen LogP contribution in [-0.2, 0) is 9.53 Å². The lowest BCUT2D eigenvalue weighted by Gasteiger charge is -1.97. The van der Waals surface area contributed by atoms with Crippen molar-refractivity contribution in [1.29, 1.82) is 0 Å². The van der Waals surface area contributed by atoms with Gasteiger partial charge < -0.3 is 9.84 Å². The molecule has 0 saturated carbocycles. The third-order valence-corrected chi connectivity index (χ3v) is 0.783. The lowest BCUT2D eigenvalue weighted by Crippen LogP contribution is -2.11. The molecule has 0 heterocycles. The molecule has 54 valence electrons. The zero-order valence-electron chi connectivity index (χ0n) is 5.17. The summed E-state index contributed by atoms with van der Waals surface area (Å²) >= 11 is 0. The molecular formula is C5H11NO3. The number of nitrogens with two attached hydrogens (primary N) is 1. The zero-order chi connectivity index (χ0) is 7.11. The summed E-state index contributed by atoms with van der Waals surface area (Å²) < 4.78 is 4.37. The van der Waals surface area contributed by atoms with Crippen molar-refractivity contribution in [3.8, 4) is 0 Å². The highest BCUT2D eigenvalue weighted by atomic mass is 16.5. The Morgan fingerprint density at radius 2 is 2.33 bits per heavy atom. The summed E-state index contributed by atoms with van der Waals surface area (Å²) in [5.74, 6) is -0.355. The van der Waals surface area contributed by atoms with Crippen LogP contribution >= 0.6 is 0 Å². The van der Waals surface area contributed by atoms with Gasteiger partial charge in [0.15, 0.2) is 0 Å². The van der Waals surface area contributed by atoms with Gasteiger partial charge >= 0.3 is 5.97 Å². The van der Waals surface area contributed by atoms with E-state index in [1.807, 2.05) is 0 Å². The Morgan fingerprint density at radius 1 is 1.67 bits per heavy atom. The fraction of sp³-hybridized carbons (Fsp3) is 0.800. The van der Waals surface area contributed by atoms with Gasteiger partial charge in [0, 0.05) is 13.0 Å². The Morgan fingerprint density at radius 3 is 2.78 bits per heavy atom. The first-order chi connectivity index (χ1) is 4.31. The highest BCUT2D eigenvalue weighted by Gasteiger charge is 1.98. The molecule has 3 N–H and O–H groups in total. The Kier molecular flexibility index (Phi) is 5.15. The fourth-order valence-corrected chi connectivity index (χ4v) is 0.389. The van der Waals surface area contributed by atoms with Crippen molar-refractivity contribution in [2.45, 2.75) is 12.8 Å². The number of hydrogen-bond acceptors (Lipinski definition) is 4. The lowest BCUT2D eigenvalue weighted by molar-refractivity contribution is -0.143. The average molecular weight is 133 g/mol. The minimum atomic E-state index is -0.355. The van der Waals surface area contributed by atoms with Gasteiger partial charge in [-0.1, -0.05) is 0 Å². The van der Waals surface area contributed by atoms with E-state index in [1.165, 1.54) is 0 Å². The Labute approximate surface area is 53.6 Å². The fourth-order valence-electron chi connectivity index (χ4n) is 0.389. The van der Waals surface area contributed by atoms with Crippen molar-refractivity contribution in [2.75, 3.05) is 13.3 Å². The standard InChI is InChI=1S/C5H11NO3/c6-4-9-5(8)2-1-3-7/h7H,1-4,6H2. The van der Waals surface area contributed by atoms with Crippen molar-refractivity contribution in [1.82, 2.24) is 0 Å². The molecule has 4 heteroatoms. The maximum absolute atomic E-state index is 10.4. The number of esters is 1. The van der Waals surface area contributed by atoms with E-state index in [0.717, 1.165) is 0 Å². The molecule has 0 aliphatic carbocycles. The summed E-state index contributed by atoms with van der Waals surface area (Å²) in [4.78, 5) is 10.4. The highest BCUT2D eigenvalue weighted by Crippen LogP contribution is 1.88. The Bertz CT molecular complexity index is 84.3. The quantitative estimate of drug-likeness (QED) is 0.389.